The fourth-order valence-electron chi connectivity index (χ4n) is 3.32. The number of hydrogen-bond acceptors (Lipinski definition) is 4. The number of carbonyl (C=O) groups is 1. The Labute approximate surface area is 155 Å². The van der Waals surface area contributed by atoms with E-state index in [0.29, 0.717) is 6.54 Å². The number of piperidine rings is 1. The van der Waals surface area contributed by atoms with Gasteiger partial charge in [0.2, 0.25) is 5.91 Å². The number of benzene rings is 2. The second kappa shape index (κ2) is 7.26. The van der Waals surface area contributed by atoms with Gasteiger partial charge in [-0.05, 0) is 37.1 Å². The quantitative estimate of drug-likeness (QED) is 0.765. The third-order valence-corrected chi connectivity index (χ3v) is 4.74. The maximum atomic E-state index is 13.3. The lowest BCUT2D eigenvalue weighted by atomic mass is 9.97. The largest absolute Gasteiger partial charge is 0.355 e. The van der Waals surface area contributed by atoms with Gasteiger partial charge >= 0.3 is 0 Å². The minimum atomic E-state index is -0.982. The van der Waals surface area contributed by atoms with E-state index in [1.165, 1.54) is 6.07 Å². The fraction of sp³-hybridized carbons (Fsp3) is 0.250. The first-order valence-electron chi connectivity index (χ1n) is 8.83. The summed E-state index contributed by atoms with van der Waals surface area (Å²) in [6, 6.07) is 11.0. The molecule has 2 heterocycles. The Morgan fingerprint density at radius 1 is 1.11 bits per heavy atom. The Hall–Kier alpha value is -3.09. The van der Waals surface area contributed by atoms with Gasteiger partial charge in [0, 0.05) is 24.8 Å². The van der Waals surface area contributed by atoms with E-state index in [4.69, 9.17) is 0 Å². The van der Waals surface area contributed by atoms with E-state index in [2.05, 4.69) is 15.3 Å². The molecule has 3 aromatic rings. The van der Waals surface area contributed by atoms with Gasteiger partial charge in [0.15, 0.2) is 11.6 Å². The molecule has 1 aromatic heterocycles. The van der Waals surface area contributed by atoms with Crippen LogP contribution >= 0.6 is 0 Å². The number of anilines is 2. The van der Waals surface area contributed by atoms with Crippen molar-refractivity contribution in [2.75, 3.05) is 23.3 Å². The maximum Gasteiger partial charge on any atom is 0.229 e. The number of amides is 1. The Kier molecular flexibility index (Phi) is 4.66. The van der Waals surface area contributed by atoms with Crippen molar-refractivity contribution in [2.45, 2.75) is 12.8 Å². The summed E-state index contributed by atoms with van der Waals surface area (Å²) < 4.78 is 26.4. The highest BCUT2D eigenvalue weighted by atomic mass is 19.2. The van der Waals surface area contributed by atoms with Crippen LogP contribution in [-0.2, 0) is 4.79 Å². The molecular formula is C20H18F2N4O. The molecule has 1 atom stereocenters. The molecule has 1 unspecified atom stereocenters. The molecule has 0 bridgehead atoms. The van der Waals surface area contributed by atoms with Crippen LogP contribution in [0.2, 0.25) is 0 Å². The van der Waals surface area contributed by atoms with Crippen molar-refractivity contribution in [3.63, 3.8) is 0 Å². The van der Waals surface area contributed by atoms with Gasteiger partial charge < -0.3 is 10.2 Å². The zero-order valence-electron chi connectivity index (χ0n) is 14.5. The summed E-state index contributed by atoms with van der Waals surface area (Å²) in [6.07, 6.45) is 3.29. The van der Waals surface area contributed by atoms with Crippen LogP contribution in [0.25, 0.3) is 11.0 Å². The standard InChI is InChI=1S/C20H18F2N4O/c21-15-8-7-14(10-16(15)22)24-20(27)13-4-3-9-26(12-13)19-11-23-17-5-1-2-6-18(17)25-19/h1-2,5-8,10-11,13H,3-4,9,12H2,(H,24,27). The highest BCUT2D eigenvalue weighted by Crippen LogP contribution is 2.24. The molecule has 1 aliphatic heterocycles. The van der Waals surface area contributed by atoms with Crippen molar-refractivity contribution in [3.8, 4) is 0 Å². The molecule has 4 rings (SSSR count). The summed E-state index contributed by atoms with van der Waals surface area (Å²) in [7, 11) is 0. The van der Waals surface area contributed by atoms with Gasteiger partial charge in [-0.2, -0.15) is 0 Å². The molecule has 5 nitrogen and oxygen atoms in total. The van der Waals surface area contributed by atoms with Gasteiger partial charge in [-0.25, -0.2) is 13.8 Å². The zero-order valence-corrected chi connectivity index (χ0v) is 14.5. The van der Waals surface area contributed by atoms with Crippen molar-refractivity contribution in [1.29, 1.82) is 0 Å². The zero-order chi connectivity index (χ0) is 18.8. The Morgan fingerprint density at radius 2 is 1.93 bits per heavy atom. The number of para-hydroxylation sites is 2. The van der Waals surface area contributed by atoms with Gasteiger partial charge in [0.1, 0.15) is 5.82 Å². The molecule has 1 aliphatic rings. The second-order valence-electron chi connectivity index (χ2n) is 6.62. The maximum absolute atomic E-state index is 13.3. The highest BCUT2D eigenvalue weighted by Gasteiger charge is 2.27. The summed E-state index contributed by atoms with van der Waals surface area (Å²) in [5, 5.41) is 2.67. The lowest BCUT2D eigenvalue weighted by molar-refractivity contribution is -0.120. The Bertz CT molecular complexity index is 995. The molecule has 0 radical (unpaired) electrons. The van der Waals surface area contributed by atoms with Gasteiger partial charge in [0.25, 0.3) is 0 Å². The van der Waals surface area contributed by atoms with Crippen LogP contribution in [0.5, 0.6) is 0 Å². The average molecular weight is 368 g/mol. The van der Waals surface area contributed by atoms with Crippen molar-refractivity contribution < 1.29 is 13.6 Å². The van der Waals surface area contributed by atoms with E-state index >= 15 is 0 Å². The molecule has 2 aromatic carbocycles. The van der Waals surface area contributed by atoms with Gasteiger partial charge in [-0.1, -0.05) is 12.1 Å². The van der Waals surface area contributed by atoms with Crippen LogP contribution < -0.4 is 10.2 Å². The van der Waals surface area contributed by atoms with Crippen LogP contribution in [0.4, 0.5) is 20.3 Å². The van der Waals surface area contributed by atoms with Crippen molar-refractivity contribution >= 4 is 28.4 Å². The SMILES string of the molecule is O=C(Nc1ccc(F)c(F)c1)C1CCCN(c2cnc3ccccc3n2)C1. The number of nitrogens with zero attached hydrogens (tertiary/aromatic N) is 3. The van der Waals surface area contributed by atoms with Crippen LogP contribution in [0.3, 0.4) is 0 Å². The summed E-state index contributed by atoms with van der Waals surface area (Å²) in [4.78, 5) is 23.7. The minimum absolute atomic E-state index is 0.209. The molecule has 0 saturated carbocycles. The first-order valence-corrected chi connectivity index (χ1v) is 8.83. The number of halogens is 2. The summed E-state index contributed by atoms with van der Waals surface area (Å²) in [5.74, 6) is -1.66. The average Bonchev–Trinajstić information content (AvgIpc) is 2.70. The molecule has 0 spiro atoms. The normalized spacial score (nSPS) is 17.1. The minimum Gasteiger partial charge on any atom is -0.355 e. The molecule has 1 fully saturated rings. The number of aromatic nitrogens is 2. The van der Waals surface area contributed by atoms with Gasteiger partial charge in [-0.15, -0.1) is 0 Å². The monoisotopic (exact) mass is 368 g/mol. The van der Waals surface area contributed by atoms with E-state index in [1.54, 1.807) is 6.20 Å². The Morgan fingerprint density at radius 3 is 2.74 bits per heavy atom. The predicted molar refractivity (Wildman–Crippen MR) is 99.5 cm³/mol. The van der Waals surface area contributed by atoms with Gasteiger partial charge in [0.05, 0.1) is 23.1 Å². The number of nitrogens with one attached hydrogen (secondary N) is 1. The number of hydrogen-bond donors (Lipinski definition) is 1. The molecule has 1 N–H and O–H groups in total. The highest BCUT2D eigenvalue weighted by molar-refractivity contribution is 5.93. The fourth-order valence-corrected chi connectivity index (χ4v) is 3.32. The molecule has 138 valence electrons. The van der Waals surface area contributed by atoms with E-state index in [-0.39, 0.29) is 17.5 Å². The van der Waals surface area contributed by atoms with Crippen LogP contribution in [-0.4, -0.2) is 29.0 Å². The number of fused-ring (bicyclic) bond motifs is 1. The number of rotatable bonds is 3. The van der Waals surface area contributed by atoms with E-state index in [0.717, 1.165) is 48.4 Å². The first kappa shape index (κ1) is 17.3. The third kappa shape index (κ3) is 3.72. The molecule has 1 saturated heterocycles. The van der Waals surface area contributed by atoms with Crippen LogP contribution in [0.1, 0.15) is 12.8 Å². The molecule has 27 heavy (non-hydrogen) atoms. The van der Waals surface area contributed by atoms with Crippen LogP contribution in [0, 0.1) is 17.6 Å². The van der Waals surface area contributed by atoms with Crippen LogP contribution in [0.15, 0.2) is 48.7 Å². The predicted octanol–water partition coefficient (Wildman–Crippen LogP) is 3.76. The third-order valence-electron chi connectivity index (χ3n) is 4.74. The molecular weight excluding hydrogens is 350 g/mol. The van der Waals surface area contributed by atoms with E-state index in [9.17, 15) is 13.6 Å². The van der Waals surface area contributed by atoms with Crippen molar-refractivity contribution in [2.24, 2.45) is 5.92 Å². The summed E-state index contributed by atoms with van der Waals surface area (Å²) >= 11 is 0. The summed E-state index contributed by atoms with van der Waals surface area (Å²) in [5.41, 5.74) is 1.88. The molecule has 7 heteroatoms. The topological polar surface area (TPSA) is 58.1 Å². The summed E-state index contributed by atoms with van der Waals surface area (Å²) in [6.45, 7) is 1.30. The number of carbonyl (C=O) groups excluding carboxylic acids is 1. The smallest absolute Gasteiger partial charge is 0.229 e. The van der Waals surface area contributed by atoms with Crippen molar-refractivity contribution in [1.82, 2.24) is 9.97 Å². The second-order valence-corrected chi connectivity index (χ2v) is 6.62. The lowest BCUT2D eigenvalue weighted by Gasteiger charge is -2.32. The van der Waals surface area contributed by atoms with Crippen molar-refractivity contribution in [3.05, 3.63) is 60.3 Å². The Balaban J connectivity index is 1.48. The first-order chi connectivity index (χ1) is 13.1. The van der Waals surface area contributed by atoms with E-state index in [1.807, 2.05) is 29.2 Å². The molecule has 0 aliphatic carbocycles. The van der Waals surface area contributed by atoms with Gasteiger partial charge in [-0.3, -0.25) is 9.78 Å². The molecule has 1 amide bonds. The van der Waals surface area contributed by atoms with E-state index < -0.39 is 11.6 Å². The lowest BCUT2D eigenvalue weighted by Crippen LogP contribution is -2.41.